The van der Waals surface area contributed by atoms with Crippen molar-refractivity contribution < 1.29 is 14.6 Å². The highest BCUT2D eigenvalue weighted by molar-refractivity contribution is 6.18. The fraction of sp³-hybridized carbons (Fsp3) is 0.300. The largest absolute Gasteiger partial charge is 0.273 e. The molecule has 0 saturated carbocycles. The quantitative estimate of drug-likeness (QED) is 0.461. The van der Waals surface area contributed by atoms with E-state index in [1.165, 1.54) is 31.2 Å². The lowest BCUT2D eigenvalue weighted by Gasteiger charge is -2.19. The van der Waals surface area contributed by atoms with Crippen molar-refractivity contribution in [2.75, 3.05) is 17.6 Å². The molecule has 1 rings (SSSR count). The molecule has 0 spiro atoms. The maximum atomic E-state index is 11.3. The third-order valence-electron chi connectivity index (χ3n) is 1.88. The van der Waals surface area contributed by atoms with Gasteiger partial charge in [-0.3, -0.25) is 19.7 Å². The lowest BCUT2D eigenvalue weighted by Crippen LogP contribution is -2.29. The number of amides is 1. The van der Waals surface area contributed by atoms with Crippen LogP contribution in [0.25, 0.3) is 0 Å². The molecule has 0 saturated heterocycles. The average Bonchev–Trinajstić information content (AvgIpc) is 2.29. The molecular weight excluding hydrogens is 248 g/mol. The van der Waals surface area contributed by atoms with Gasteiger partial charge in [0.05, 0.1) is 17.2 Å². The van der Waals surface area contributed by atoms with E-state index in [1.54, 1.807) is 0 Å². The first-order valence-electron chi connectivity index (χ1n) is 4.80. The number of nitrogens with zero attached hydrogens (tertiary/aromatic N) is 2. The highest BCUT2D eigenvalue weighted by Crippen LogP contribution is 2.19. The summed E-state index contributed by atoms with van der Waals surface area (Å²) in [7, 11) is 0. The number of hydroxylamine groups is 1. The van der Waals surface area contributed by atoms with Crippen LogP contribution >= 0.6 is 11.6 Å². The monoisotopic (exact) mass is 258 g/mol. The van der Waals surface area contributed by atoms with Crippen molar-refractivity contribution in [3.63, 3.8) is 0 Å². The Kier molecular flexibility index (Phi) is 4.86. The molecule has 0 aliphatic carbocycles. The van der Waals surface area contributed by atoms with Gasteiger partial charge in [-0.15, -0.1) is 11.6 Å². The molecule has 0 unspecified atom stereocenters. The predicted octanol–water partition coefficient (Wildman–Crippen LogP) is 2.12. The predicted molar refractivity (Wildman–Crippen MR) is 62.9 cm³/mol. The summed E-state index contributed by atoms with van der Waals surface area (Å²) in [4.78, 5) is 26.4. The van der Waals surface area contributed by atoms with E-state index in [0.717, 1.165) is 5.06 Å². The molecule has 6 nitrogen and oxygen atoms in total. The summed E-state index contributed by atoms with van der Waals surface area (Å²) in [6.45, 7) is 1.51. The minimum absolute atomic E-state index is 0.0467. The number of anilines is 1. The van der Waals surface area contributed by atoms with E-state index >= 15 is 0 Å². The minimum Gasteiger partial charge on any atom is -0.273 e. The van der Waals surface area contributed by atoms with Crippen molar-refractivity contribution in [1.29, 1.82) is 0 Å². The van der Waals surface area contributed by atoms with Gasteiger partial charge < -0.3 is 0 Å². The number of benzene rings is 1. The highest BCUT2D eigenvalue weighted by atomic mass is 35.5. The first-order valence-corrected chi connectivity index (χ1v) is 5.33. The SMILES string of the molecule is CC(=O)N(OCCCl)c1ccc([N+](=O)[O-])cc1. The van der Waals surface area contributed by atoms with Crippen LogP contribution in [0.2, 0.25) is 0 Å². The van der Waals surface area contributed by atoms with Crippen LogP contribution in [-0.2, 0) is 9.63 Å². The van der Waals surface area contributed by atoms with Crippen LogP contribution in [0.3, 0.4) is 0 Å². The van der Waals surface area contributed by atoms with Crippen molar-refractivity contribution in [2.24, 2.45) is 0 Å². The Morgan fingerprint density at radius 3 is 2.47 bits per heavy atom. The smallest absolute Gasteiger partial charge is 0.269 e. The molecule has 0 fully saturated rings. The van der Waals surface area contributed by atoms with Crippen LogP contribution in [0.1, 0.15) is 6.92 Å². The molecule has 0 aliphatic heterocycles. The molecule has 0 aliphatic rings. The Labute approximate surface area is 103 Å². The van der Waals surface area contributed by atoms with Crippen LogP contribution < -0.4 is 5.06 Å². The lowest BCUT2D eigenvalue weighted by molar-refractivity contribution is -0.384. The van der Waals surface area contributed by atoms with Gasteiger partial charge >= 0.3 is 0 Å². The third kappa shape index (κ3) is 3.69. The van der Waals surface area contributed by atoms with Gasteiger partial charge in [0.25, 0.3) is 5.69 Å². The lowest BCUT2D eigenvalue weighted by atomic mass is 10.3. The van der Waals surface area contributed by atoms with Crippen molar-refractivity contribution >= 4 is 28.9 Å². The van der Waals surface area contributed by atoms with Gasteiger partial charge in [0, 0.05) is 24.9 Å². The summed E-state index contributed by atoms with van der Waals surface area (Å²) in [5.41, 5.74) is 0.378. The van der Waals surface area contributed by atoms with Crippen LogP contribution in [0.5, 0.6) is 0 Å². The maximum Gasteiger partial charge on any atom is 0.269 e. The zero-order valence-corrected chi connectivity index (χ0v) is 9.88. The number of alkyl halides is 1. The van der Waals surface area contributed by atoms with Crippen molar-refractivity contribution in [2.45, 2.75) is 6.92 Å². The fourth-order valence-corrected chi connectivity index (χ4v) is 1.25. The van der Waals surface area contributed by atoms with E-state index in [9.17, 15) is 14.9 Å². The second-order valence-corrected chi connectivity index (χ2v) is 3.49. The Morgan fingerprint density at radius 1 is 1.47 bits per heavy atom. The van der Waals surface area contributed by atoms with Gasteiger partial charge in [0.15, 0.2) is 0 Å². The number of non-ortho nitro benzene ring substituents is 1. The summed E-state index contributed by atoms with van der Waals surface area (Å²) in [6.07, 6.45) is 0. The Morgan fingerprint density at radius 2 is 2.06 bits per heavy atom. The number of nitro groups is 1. The topological polar surface area (TPSA) is 72.7 Å². The molecule has 1 aromatic carbocycles. The number of rotatable bonds is 5. The second kappa shape index (κ2) is 6.17. The zero-order chi connectivity index (χ0) is 12.8. The molecule has 0 heterocycles. The molecule has 17 heavy (non-hydrogen) atoms. The highest BCUT2D eigenvalue weighted by Gasteiger charge is 2.13. The van der Waals surface area contributed by atoms with Gasteiger partial charge in [-0.25, -0.2) is 0 Å². The van der Waals surface area contributed by atoms with E-state index in [-0.39, 0.29) is 24.1 Å². The van der Waals surface area contributed by atoms with Crippen LogP contribution in [-0.4, -0.2) is 23.3 Å². The summed E-state index contributed by atoms with van der Waals surface area (Å²) in [6, 6.07) is 5.48. The van der Waals surface area contributed by atoms with Crippen LogP contribution in [0.15, 0.2) is 24.3 Å². The summed E-state index contributed by atoms with van der Waals surface area (Å²) < 4.78 is 0. The summed E-state index contributed by atoms with van der Waals surface area (Å²) in [5.74, 6) is -0.0829. The molecule has 0 N–H and O–H groups in total. The molecule has 0 radical (unpaired) electrons. The van der Waals surface area contributed by atoms with Gasteiger partial charge in [0.2, 0.25) is 5.91 Å². The first-order chi connectivity index (χ1) is 8.06. The van der Waals surface area contributed by atoms with Gasteiger partial charge in [-0.2, -0.15) is 5.06 Å². The normalized spacial score (nSPS) is 10.0. The van der Waals surface area contributed by atoms with Crippen LogP contribution in [0.4, 0.5) is 11.4 Å². The zero-order valence-electron chi connectivity index (χ0n) is 9.13. The molecule has 0 bridgehead atoms. The molecular formula is C10H11ClN2O4. The third-order valence-corrected chi connectivity index (χ3v) is 2.03. The Balaban J connectivity index is 2.87. The van der Waals surface area contributed by atoms with Crippen molar-refractivity contribution in [3.8, 4) is 0 Å². The maximum absolute atomic E-state index is 11.3. The summed E-state index contributed by atoms with van der Waals surface area (Å²) >= 11 is 5.45. The standard InChI is InChI=1S/C10H11ClN2O4/c1-8(14)12(17-7-6-11)9-2-4-10(5-3-9)13(15)16/h2-5H,6-7H2,1H3. The van der Waals surface area contributed by atoms with E-state index in [0.29, 0.717) is 5.69 Å². The molecule has 0 atom stereocenters. The van der Waals surface area contributed by atoms with E-state index in [2.05, 4.69) is 0 Å². The van der Waals surface area contributed by atoms with Crippen molar-refractivity contribution in [3.05, 3.63) is 34.4 Å². The number of hydrogen-bond donors (Lipinski definition) is 0. The number of hydrogen-bond acceptors (Lipinski definition) is 4. The van der Waals surface area contributed by atoms with E-state index < -0.39 is 4.92 Å². The fourth-order valence-electron chi connectivity index (χ4n) is 1.18. The molecule has 1 amide bonds. The van der Waals surface area contributed by atoms with Gasteiger partial charge in [-0.1, -0.05) is 0 Å². The number of carbonyl (C=O) groups excluding carboxylic acids is 1. The molecule has 7 heteroatoms. The number of nitro benzene ring substituents is 1. The summed E-state index contributed by atoms with van der Waals surface area (Å²) in [5, 5.41) is 11.5. The molecule has 0 aromatic heterocycles. The Bertz CT molecular complexity index is 407. The van der Waals surface area contributed by atoms with Gasteiger partial charge in [-0.05, 0) is 12.1 Å². The number of halogens is 1. The minimum atomic E-state index is -0.512. The number of carbonyl (C=O) groups is 1. The van der Waals surface area contributed by atoms with Gasteiger partial charge in [0.1, 0.15) is 0 Å². The first kappa shape index (κ1) is 13.4. The van der Waals surface area contributed by atoms with E-state index in [1.807, 2.05) is 0 Å². The van der Waals surface area contributed by atoms with Crippen molar-refractivity contribution in [1.82, 2.24) is 0 Å². The Hall–Kier alpha value is -1.66. The average molecular weight is 259 g/mol. The molecule has 1 aromatic rings. The molecule has 92 valence electrons. The van der Waals surface area contributed by atoms with Crippen LogP contribution in [0, 0.1) is 10.1 Å². The van der Waals surface area contributed by atoms with E-state index in [4.69, 9.17) is 16.4 Å². The second-order valence-electron chi connectivity index (χ2n) is 3.11.